The molecule has 2 rings (SSSR count). The molecule has 0 fully saturated rings. The maximum Gasteiger partial charge on any atom is 0.229 e. The van der Waals surface area contributed by atoms with Crippen molar-refractivity contribution in [2.75, 3.05) is 11.1 Å². The van der Waals surface area contributed by atoms with E-state index < -0.39 is 0 Å². The molecule has 1 aromatic carbocycles. The number of rotatable bonds is 3. The number of halogens is 1. The number of aromatic nitrogens is 1. The second-order valence-corrected chi connectivity index (χ2v) is 3.83. The van der Waals surface area contributed by atoms with Gasteiger partial charge in [0, 0.05) is 0 Å². The van der Waals surface area contributed by atoms with Gasteiger partial charge in [0.15, 0.2) is 0 Å². The number of carbonyl (C=O) groups is 1. The van der Waals surface area contributed by atoms with Crippen LogP contribution in [0.1, 0.15) is 5.56 Å². The number of carbonyl (C=O) groups excluding carboxylic acids is 1. The van der Waals surface area contributed by atoms with Crippen LogP contribution in [0, 0.1) is 5.82 Å². The van der Waals surface area contributed by atoms with Gasteiger partial charge >= 0.3 is 0 Å². The number of nitrogens with one attached hydrogen (secondary N) is 1. The normalized spacial score (nSPS) is 10.1. The van der Waals surface area contributed by atoms with Crippen LogP contribution in [0.5, 0.6) is 0 Å². The summed E-state index contributed by atoms with van der Waals surface area (Å²) in [5.74, 6) is -0.0884. The minimum atomic E-state index is -0.320. The fourth-order valence-corrected chi connectivity index (χ4v) is 1.45. The summed E-state index contributed by atoms with van der Waals surface area (Å²) in [7, 11) is 0. The van der Waals surface area contributed by atoms with Crippen molar-refractivity contribution < 1.29 is 9.18 Å². The van der Waals surface area contributed by atoms with Gasteiger partial charge < -0.3 is 11.1 Å². The van der Waals surface area contributed by atoms with Crippen molar-refractivity contribution in [1.82, 2.24) is 4.98 Å². The molecule has 1 heterocycles. The second kappa shape index (κ2) is 5.27. The highest BCUT2D eigenvalue weighted by Crippen LogP contribution is 2.08. The molecule has 0 spiro atoms. The highest BCUT2D eigenvalue weighted by molar-refractivity contribution is 5.91. The zero-order valence-electron chi connectivity index (χ0n) is 9.56. The number of pyridine rings is 1. The Balaban J connectivity index is 1.96. The van der Waals surface area contributed by atoms with Crippen LogP contribution in [0.25, 0.3) is 0 Å². The van der Waals surface area contributed by atoms with E-state index in [-0.39, 0.29) is 18.1 Å². The van der Waals surface area contributed by atoms with E-state index in [4.69, 9.17) is 5.73 Å². The number of benzene rings is 1. The van der Waals surface area contributed by atoms with Crippen molar-refractivity contribution in [1.29, 1.82) is 0 Å². The van der Waals surface area contributed by atoms with E-state index in [9.17, 15) is 9.18 Å². The van der Waals surface area contributed by atoms with Crippen molar-refractivity contribution in [2.24, 2.45) is 0 Å². The van der Waals surface area contributed by atoms with Crippen LogP contribution in [0.2, 0.25) is 0 Å². The number of nitrogens with zero attached hydrogens (tertiary/aromatic N) is 1. The lowest BCUT2D eigenvalue weighted by atomic mass is 10.1. The van der Waals surface area contributed by atoms with Gasteiger partial charge in [-0.2, -0.15) is 0 Å². The third kappa shape index (κ3) is 3.28. The number of hydrogen-bond donors (Lipinski definition) is 2. The van der Waals surface area contributed by atoms with Gasteiger partial charge in [-0.15, -0.1) is 0 Å². The molecular formula is C13H12FN3O. The molecule has 92 valence electrons. The Morgan fingerprint density at radius 1 is 1.22 bits per heavy atom. The zero-order valence-corrected chi connectivity index (χ0v) is 9.56. The molecule has 0 aliphatic rings. The maximum atomic E-state index is 12.7. The first-order chi connectivity index (χ1) is 8.63. The third-order valence-electron chi connectivity index (χ3n) is 2.33. The molecule has 0 atom stereocenters. The Labute approximate surface area is 104 Å². The van der Waals surface area contributed by atoms with Gasteiger partial charge in [-0.25, -0.2) is 9.37 Å². The number of amides is 1. The highest BCUT2D eigenvalue weighted by atomic mass is 19.1. The summed E-state index contributed by atoms with van der Waals surface area (Å²) >= 11 is 0. The van der Waals surface area contributed by atoms with E-state index in [1.807, 2.05) is 0 Å². The SMILES string of the molecule is Nc1ccc(NC(=O)Cc2ccc(F)cc2)nc1. The van der Waals surface area contributed by atoms with Crippen LogP contribution in [0.3, 0.4) is 0 Å². The predicted octanol–water partition coefficient (Wildman–Crippen LogP) is 1.98. The maximum absolute atomic E-state index is 12.7. The first-order valence-corrected chi connectivity index (χ1v) is 5.39. The summed E-state index contributed by atoms with van der Waals surface area (Å²) in [6.07, 6.45) is 1.64. The predicted molar refractivity (Wildman–Crippen MR) is 67.4 cm³/mol. The summed E-state index contributed by atoms with van der Waals surface area (Å²) in [5, 5.41) is 2.63. The van der Waals surface area contributed by atoms with Gasteiger partial charge in [-0.3, -0.25) is 4.79 Å². The molecule has 0 aliphatic heterocycles. The molecule has 0 saturated heterocycles. The van der Waals surface area contributed by atoms with Gasteiger partial charge in [-0.05, 0) is 29.8 Å². The Morgan fingerprint density at radius 3 is 2.56 bits per heavy atom. The molecule has 3 N–H and O–H groups in total. The van der Waals surface area contributed by atoms with E-state index in [0.29, 0.717) is 11.5 Å². The summed E-state index contributed by atoms with van der Waals surface area (Å²) in [5.41, 5.74) is 6.76. The van der Waals surface area contributed by atoms with E-state index in [0.717, 1.165) is 5.56 Å². The first-order valence-electron chi connectivity index (χ1n) is 5.39. The van der Waals surface area contributed by atoms with Crippen molar-refractivity contribution in [3.8, 4) is 0 Å². The van der Waals surface area contributed by atoms with E-state index >= 15 is 0 Å². The van der Waals surface area contributed by atoms with E-state index in [1.54, 1.807) is 24.3 Å². The highest BCUT2D eigenvalue weighted by Gasteiger charge is 2.04. The van der Waals surface area contributed by atoms with Gasteiger partial charge in [0.25, 0.3) is 0 Å². The number of anilines is 2. The topological polar surface area (TPSA) is 68.0 Å². The summed E-state index contributed by atoms with van der Waals surface area (Å²) < 4.78 is 12.7. The van der Waals surface area contributed by atoms with Crippen molar-refractivity contribution in [2.45, 2.75) is 6.42 Å². The molecule has 18 heavy (non-hydrogen) atoms. The van der Waals surface area contributed by atoms with Crippen molar-refractivity contribution >= 4 is 17.4 Å². The van der Waals surface area contributed by atoms with Gasteiger partial charge in [0.05, 0.1) is 18.3 Å². The van der Waals surface area contributed by atoms with Crippen LogP contribution in [-0.4, -0.2) is 10.9 Å². The molecule has 1 aromatic heterocycles. The monoisotopic (exact) mass is 245 g/mol. The lowest BCUT2D eigenvalue weighted by Gasteiger charge is -2.04. The molecule has 5 heteroatoms. The smallest absolute Gasteiger partial charge is 0.229 e. The molecule has 0 unspecified atom stereocenters. The molecule has 0 saturated carbocycles. The van der Waals surface area contributed by atoms with Gasteiger partial charge in [0.2, 0.25) is 5.91 Å². The van der Waals surface area contributed by atoms with Crippen LogP contribution in [-0.2, 0) is 11.2 Å². The molecule has 0 aliphatic carbocycles. The average Bonchev–Trinajstić information content (AvgIpc) is 2.35. The van der Waals surface area contributed by atoms with Crippen LogP contribution < -0.4 is 11.1 Å². The lowest BCUT2D eigenvalue weighted by molar-refractivity contribution is -0.115. The van der Waals surface area contributed by atoms with Crippen LogP contribution in [0.15, 0.2) is 42.6 Å². The molecule has 1 amide bonds. The fourth-order valence-electron chi connectivity index (χ4n) is 1.45. The molecule has 4 nitrogen and oxygen atoms in total. The standard InChI is InChI=1S/C13H12FN3O/c14-10-3-1-9(2-4-10)7-13(18)17-12-6-5-11(15)8-16-12/h1-6,8H,7,15H2,(H,16,17,18). The Hall–Kier alpha value is -2.43. The molecule has 0 radical (unpaired) electrons. The lowest BCUT2D eigenvalue weighted by Crippen LogP contribution is -2.15. The molecule has 0 bridgehead atoms. The Morgan fingerprint density at radius 2 is 1.94 bits per heavy atom. The number of hydrogen-bond acceptors (Lipinski definition) is 3. The summed E-state index contributed by atoms with van der Waals surface area (Å²) in [6.45, 7) is 0. The average molecular weight is 245 g/mol. The minimum Gasteiger partial charge on any atom is -0.397 e. The van der Waals surface area contributed by atoms with Crippen molar-refractivity contribution in [3.05, 3.63) is 54.0 Å². The number of nitrogen functional groups attached to an aromatic ring is 1. The van der Waals surface area contributed by atoms with Crippen molar-refractivity contribution in [3.63, 3.8) is 0 Å². The van der Waals surface area contributed by atoms with Gasteiger partial charge in [-0.1, -0.05) is 12.1 Å². The van der Waals surface area contributed by atoms with Gasteiger partial charge in [0.1, 0.15) is 11.6 Å². The second-order valence-electron chi connectivity index (χ2n) is 3.83. The van der Waals surface area contributed by atoms with E-state index in [2.05, 4.69) is 10.3 Å². The Kier molecular flexibility index (Phi) is 3.52. The fraction of sp³-hybridized carbons (Fsp3) is 0.0769. The third-order valence-corrected chi connectivity index (χ3v) is 2.33. The van der Waals surface area contributed by atoms with E-state index in [1.165, 1.54) is 18.3 Å². The number of nitrogens with two attached hydrogens (primary N) is 1. The molecule has 2 aromatic rings. The summed E-state index contributed by atoms with van der Waals surface area (Å²) in [6, 6.07) is 9.07. The molecular weight excluding hydrogens is 233 g/mol. The summed E-state index contributed by atoms with van der Waals surface area (Å²) in [4.78, 5) is 15.6. The zero-order chi connectivity index (χ0) is 13.0. The largest absolute Gasteiger partial charge is 0.397 e. The van der Waals surface area contributed by atoms with Crippen LogP contribution >= 0.6 is 0 Å². The first kappa shape index (κ1) is 12.0. The Bertz CT molecular complexity index is 488. The minimum absolute atomic E-state index is 0.173. The quantitative estimate of drug-likeness (QED) is 0.868. The van der Waals surface area contributed by atoms with Crippen LogP contribution in [0.4, 0.5) is 15.9 Å².